The van der Waals surface area contributed by atoms with Crippen LogP contribution in [0.25, 0.3) is 5.69 Å². The summed E-state index contributed by atoms with van der Waals surface area (Å²) in [7, 11) is 1.58. The molecule has 140 valence electrons. The zero-order valence-electron chi connectivity index (χ0n) is 13.9. The number of hydrogen-bond acceptors (Lipinski definition) is 4. The topological polar surface area (TPSA) is 65.1 Å². The monoisotopic (exact) mass is 402 g/mol. The van der Waals surface area contributed by atoms with E-state index in [2.05, 4.69) is 5.10 Å². The Hall–Kier alpha value is -1.87. The smallest absolute Gasteiger partial charge is 0.252 e. The highest BCUT2D eigenvalue weighted by molar-refractivity contribution is 7.99. The number of hydrogen-bond donors (Lipinski definition) is 0. The Bertz CT molecular complexity index is 817. The van der Waals surface area contributed by atoms with Gasteiger partial charge in [-0.2, -0.15) is 21.6 Å². The van der Waals surface area contributed by atoms with Crippen LogP contribution in [0.1, 0.15) is 12.8 Å². The number of amides is 1. The first-order valence-electron chi connectivity index (χ1n) is 7.94. The second-order valence-corrected chi connectivity index (χ2v) is 7.62. The normalized spacial score (nSPS) is 17.9. The predicted octanol–water partition coefficient (Wildman–Crippen LogP) is 2.90. The van der Waals surface area contributed by atoms with Crippen molar-refractivity contribution >= 4 is 35.0 Å². The number of nitrogens with zero attached hydrogens (tertiary/aromatic N) is 4. The van der Waals surface area contributed by atoms with Crippen molar-refractivity contribution in [1.29, 1.82) is 0 Å². The molecule has 2 aromatic heterocycles. The van der Waals surface area contributed by atoms with Crippen molar-refractivity contribution in [3.05, 3.63) is 41.1 Å². The summed E-state index contributed by atoms with van der Waals surface area (Å²) < 4.78 is 27.7. The van der Waals surface area contributed by atoms with E-state index in [1.807, 2.05) is 0 Å². The van der Waals surface area contributed by atoms with E-state index < -0.39 is 11.8 Å². The number of halogens is 3. The lowest BCUT2D eigenvalue weighted by molar-refractivity contribution is -0.605. The molecule has 2 aromatic rings. The maximum absolute atomic E-state index is 12.8. The van der Waals surface area contributed by atoms with Crippen LogP contribution in [0.5, 0.6) is 0 Å². The van der Waals surface area contributed by atoms with E-state index in [0.29, 0.717) is 27.6 Å². The van der Waals surface area contributed by atoms with Gasteiger partial charge in [0.2, 0.25) is 12.1 Å². The summed E-state index contributed by atoms with van der Waals surface area (Å²) in [4.78, 5) is 13.7. The Morgan fingerprint density at radius 2 is 2.35 bits per heavy atom. The van der Waals surface area contributed by atoms with Crippen LogP contribution in [0.4, 0.5) is 14.5 Å². The van der Waals surface area contributed by atoms with Gasteiger partial charge in [-0.25, -0.2) is 13.5 Å². The van der Waals surface area contributed by atoms with E-state index in [0.717, 1.165) is 0 Å². The number of alkyl halides is 2. The molecule has 1 unspecified atom stereocenters. The van der Waals surface area contributed by atoms with Crippen molar-refractivity contribution in [2.45, 2.75) is 18.8 Å². The minimum atomic E-state index is -2.52. The quantitative estimate of drug-likeness (QED) is 0.406. The highest BCUT2D eigenvalue weighted by Gasteiger charge is 2.56. The van der Waals surface area contributed by atoms with Crippen molar-refractivity contribution in [3.63, 3.8) is 0 Å². The minimum absolute atomic E-state index is 0.0501. The second kappa shape index (κ2) is 7.40. The lowest BCUT2D eigenvalue weighted by atomic mass is 10.4. The summed E-state index contributed by atoms with van der Waals surface area (Å²) in [5, 5.41) is 15.6. The van der Waals surface area contributed by atoms with Crippen molar-refractivity contribution < 1.29 is 18.3 Å². The van der Waals surface area contributed by atoms with Crippen LogP contribution in [0.15, 0.2) is 30.7 Å². The van der Waals surface area contributed by atoms with Gasteiger partial charge in [0.1, 0.15) is 11.4 Å². The van der Waals surface area contributed by atoms with Crippen LogP contribution >= 0.6 is 23.4 Å². The van der Waals surface area contributed by atoms with Gasteiger partial charge in [-0.15, -0.1) is 0 Å². The minimum Gasteiger partial charge on any atom is -0.619 e. The first-order valence-corrected chi connectivity index (χ1v) is 9.47. The second-order valence-electron chi connectivity index (χ2n) is 6.11. The van der Waals surface area contributed by atoms with Crippen LogP contribution in [-0.2, 0) is 4.79 Å². The number of carbonyl (C=O) groups excluding carboxylic acids is 1. The summed E-state index contributed by atoms with van der Waals surface area (Å²) in [6.45, 7) is 0. The SMILES string of the molecule is CN(C(=O)CCSCC1CC1(F)F)c1cn(-c2ccc[n+]([O-])c2)nc1Cl. The zero-order chi connectivity index (χ0) is 18.9. The van der Waals surface area contributed by atoms with Gasteiger partial charge in [0, 0.05) is 43.4 Å². The molecule has 1 aliphatic rings. The van der Waals surface area contributed by atoms with E-state index in [-0.39, 0.29) is 23.9 Å². The summed E-state index contributed by atoms with van der Waals surface area (Å²) in [6.07, 6.45) is 4.41. The fourth-order valence-electron chi connectivity index (χ4n) is 2.42. The highest BCUT2D eigenvalue weighted by atomic mass is 35.5. The summed E-state index contributed by atoms with van der Waals surface area (Å²) in [6, 6.07) is 3.26. The molecule has 0 spiro atoms. The number of pyridine rings is 1. The number of rotatable bonds is 7. The van der Waals surface area contributed by atoms with Crippen LogP contribution in [0.2, 0.25) is 5.15 Å². The van der Waals surface area contributed by atoms with E-state index >= 15 is 0 Å². The van der Waals surface area contributed by atoms with Crippen LogP contribution in [0, 0.1) is 11.1 Å². The van der Waals surface area contributed by atoms with Crippen LogP contribution < -0.4 is 9.63 Å². The lowest BCUT2D eigenvalue weighted by Gasteiger charge is -2.15. The molecule has 10 heteroatoms. The van der Waals surface area contributed by atoms with Gasteiger partial charge in [-0.05, 0) is 6.07 Å². The average molecular weight is 403 g/mol. The van der Waals surface area contributed by atoms with E-state index in [1.54, 1.807) is 25.4 Å². The summed E-state index contributed by atoms with van der Waals surface area (Å²) in [5.74, 6) is -2.42. The molecule has 3 rings (SSSR count). The molecule has 0 aliphatic heterocycles. The molecule has 0 aromatic carbocycles. The van der Waals surface area contributed by atoms with Crippen molar-refractivity contribution in [2.75, 3.05) is 23.5 Å². The first kappa shape index (κ1) is 18.9. The van der Waals surface area contributed by atoms with Gasteiger partial charge in [-0.1, -0.05) is 11.6 Å². The molecule has 2 heterocycles. The van der Waals surface area contributed by atoms with Crippen molar-refractivity contribution in [3.8, 4) is 5.69 Å². The highest BCUT2D eigenvalue weighted by Crippen LogP contribution is 2.50. The Balaban J connectivity index is 1.57. The first-order chi connectivity index (χ1) is 12.3. The summed E-state index contributed by atoms with van der Waals surface area (Å²) >= 11 is 7.47. The van der Waals surface area contributed by atoms with Crippen molar-refractivity contribution in [2.24, 2.45) is 5.92 Å². The van der Waals surface area contributed by atoms with Gasteiger partial charge < -0.3 is 10.1 Å². The predicted molar refractivity (Wildman–Crippen MR) is 95.9 cm³/mol. The van der Waals surface area contributed by atoms with Crippen LogP contribution in [0.3, 0.4) is 0 Å². The van der Waals surface area contributed by atoms with Crippen LogP contribution in [-0.4, -0.2) is 40.2 Å². The molecule has 6 nitrogen and oxygen atoms in total. The fraction of sp³-hybridized carbons (Fsp3) is 0.438. The third kappa shape index (κ3) is 4.27. The number of carbonyl (C=O) groups is 1. The Labute approximate surface area is 158 Å². The average Bonchev–Trinajstić information content (AvgIpc) is 3.01. The molecule has 0 bridgehead atoms. The molecule has 0 saturated heterocycles. The van der Waals surface area contributed by atoms with Gasteiger partial charge in [0.05, 0.1) is 6.20 Å². The molecule has 1 saturated carbocycles. The third-order valence-corrected chi connectivity index (χ3v) is 5.55. The Morgan fingerprint density at radius 1 is 1.62 bits per heavy atom. The number of thioether (sulfide) groups is 1. The molecule has 26 heavy (non-hydrogen) atoms. The molecule has 0 radical (unpaired) electrons. The molecule has 1 aliphatic carbocycles. The maximum Gasteiger partial charge on any atom is 0.252 e. The summed E-state index contributed by atoms with van der Waals surface area (Å²) in [5.41, 5.74) is 0.925. The maximum atomic E-state index is 12.8. The van der Waals surface area contributed by atoms with Gasteiger partial charge in [-0.3, -0.25) is 4.79 Å². The van der Waals surface area contributed by atoms with E-state index in [1.165, 1.54) is 33.7 Å². The lowest BCUT2D eigenvalue weighted by Crippen LogP contribution is -2.26. The molecular weight excluding hydrogens is 386 g/mol. The van der Waals surface area contributed by atoms with Crippen molar-refractivity contribution in [1.82, 2.24) is 9.78 Å². The molecule has 1 fully saturated rings. The zero-order valence-corrected chi connectivity index (χ0v) is 15.5. The van der Waals surface area contributed by atoms with E-state index in [4.69, 9.17) is 11.6 Å². The molecular formula is C16H17ClF2N4O2S. The Morgan fingerprint density at radius 3 is 3.00 bits per heavy atom. The number of anilines is 1. The molecule has 0 N–H and O–H groups in total. The molecule has 1 amide bonds. The largest absolute Gasteiger partial charge is 0.619 e. The number of aromatic nitrogens is 3. The fourth-order valence-corrected chi connectivity index (χ4v) is 3.81. The Kier molecular flexibility index (Phi) is 5.38. The standard InChI is InChI=1S/C16H17ClF2N4O2S/c1-21(14(24)4-6-26-10-11-7-16(11,18)19)13-9-23(20-15(13)17)12-3-2-5-22(25)8-12/h2-3,5,8-9,11H,4,6-7,10H2,1H3. The van der Waals surface area contributed by atoms with E-state index in [9.17, 15) is 18.8 Å². The molecule has 1 atom stereocenters. The van der Waals surface area contributed by atoms with Gasteiger partial charge in [0.15, 0.2) is 11.3 Å². The van der Waals surface area contributed by atoms with Gasteiger partial charge in [0.25, 0.3) is 5.92 Å². The van der Waals surface area contributed by atoms with Gasteiger partial charge >= 0.3 is 0 Å². The third-order valence-electron chi connectivity index (χ3n) is 4.15.